The van der Waals surface area contributed by atoms with Crippen molar-refractivity contribution in [2.24, 2.45) is 0 Å². The average Bonchev–Trinajstić information content (AvgIpc) is 3.05. The van der Waals surface area contributed by atoms with E-state index in [9.17, 15) is 9.59 Å². The number of para-hydroxylation sites is 1. The molecule has 29 heavy (non-hydrogen) atoms. The highest BCUT2D eigenvalue weighted by atomic mass is 32.2. The van der Waals surface area contributed by atoms with Gasteiger partial charge in [-0.3, -0.25) is 9.59 Å². The Hall–Kier alpha value is -3.11. The first-order chi connectivity index (χ1) is 14.0. The summed E-state index contributed by atoms with van der Waals surface area (Å²) < 4.78 is 0. The summed E-state index contributed by atoms with van der Waals surface area (Å²) in [7, 11) is 1.90. The topological polar surface area (TPSA) is 37.4 Å². The predicted octanol–water partition coefficient (Wildman–Crippen LogP) is 5.82. The van der Waals surface area contributed by atoms with Crippen LogP contribution in [0.1, 0.15) is 31.8 Å². The SMILES string of the molecule is Cc1ccc(C(=O)C(C(=O)c2ccc(C)cc2)=C2Sc3ccccc3N2C)cc1. The minimum absolute atomic E-state index is 0.210. The number of benzene rings is 3. The summed E-state index contributed by atoms with van der Waals surface area (Å²) in [5.41, 5.74) is 4.38. The van der Waals surface area contributed by atoms with Gasteiger partial charge in [-0.05, 0) is 26.0 Å². The van der Waals surface area contributed by atoms with E-state index in [4.69, 9.17) is 0 Å². The van der Waals surface area contributed by atoms with Crippen molar-refractivity contribution < 1.29 is 9.59 Å². The van der Waals surface area contributed by atoms with Gasteiger partial charge < -0.3 is 4.90 Å². The number of carbonyl (C=O) groups excluding carboxylic acids is 2. The van der Waals surface area contributed by atoms with Crippen molar-refractivity contribution in [2.45, 2.75) is 18.7 Å². The van der Waals surface area contributed by atoms with E-state index in [0.29, 0.717) is 16.2 Å². The summed E-state index contributed by atoms with van der Waals surface area (Å²) in [6, 6.07) is 22.7. The summed E-state index contributed by atoms with van der Waals surface area (Å²) in [6.45, 7) is 3.95. The van der Waals surface area contributed by atoms with E-state index in [-0.39, 0.29) is 17.1 Å². The number of rotatable bonds is 4. The van der Waals surface area contributed by atoms with E-state index in [1.54, 1.807) is 24.3 Å². The average molecular weight is 400 g/mol. The second kappa shape index (κ2) is 7.72. The van der Waals surface area contributed by atoms with E-state index >= 15 is 0 Å². The van der Waals surface area contributed by atoms with E-state index < -0.39 is 0 Å². The van der Waals surface area contributed by atoms with Crippen molar-refractivity contribution >= 4 is 29.0 Å². The van der Waals surface area contributed by atoms with Gasteiger partial charge in [0.25, 0.3) is 0 Å². The second-order valence-corrected chi connectivity index (χ2v) is 8.23. The molecular formula is C25H21NO2S. The van der Waals surface area contributed by atoms with Gasteiger partial charge in [-0.15, -0.1) is 0 Å². The lowest BCUT2D eigenvalue weighted by molar-refractivity contribution is 0.0961. The van der Waals surface area contributed by atoms with Crippen molar-refractivity contribution in [2.75, 3.05) is 11.9 Å². The fraction of sp³-hybridized carbons (Fsp3) is 0.120. The molecule has 0 bridgehead atoms. The number of aryl methyl sites for hydroxylation is 2. The molecule has 0 N–H and O–H groups in total. The molecule has 1 aliphatic rings. The van der Waals surface area contributed by atoms with Crippen molar-refractivity contribution in [1.82, 2.24) is 0 Å². The molecule has 0 amide bonds. The number of fused-ring (bicyclic) bond motifs is 1. The zero-order valence-electron chi connectivity index (χ0n) is 16.6. The highest BCUT2D eigenvalue weighted by Crippen LogP contribution is 2.46. The van der Waals surface area contributed by atoms with Crippen LogP contribution in [0.15, 0.2) is 88.3 Å². The van der Waals surface area contributed by atoms with Crippen LogP contribution in [-0.4, -0.2) is 18.6 Å². The fourth-order valence-corrected chi connectivity index (χ4v) is 4.50. The summed E-state index contributed by atoms with van der Waals surface area (Å²) >= 11 is 1.47. The first-order valence-corrected chi connectivity index (χ1v) is 10.2. The van der Waals surface area contributed by atoms with Gasteiger partial charge >= 0.3 is 0 Å². The summed E-state index contributed by atoms with van der Waals surface area (Å²) in [5, 5.41) is 0.669. The molecule has 0 unspecified atom stereocenters. The third-order valence-electron chi connectivity index (χ3n) is 5.03. The van der Waals surface area contributed by atoms with Crippen LogP contribution in [0.4, 0.5) is 5.69 Å². The molecule has 1 heterocycles. The van der Waals surface area contributed by atoms with Crippen molar-refractivity contribution in [3.05, 3.63) is 106 Å². The first kappa shape index (κ1) is 19.2. The van der Waals surface area contributed by atoms with Gasteiger partial charge in [-0.2, -0.15) is 0 Å². The van der Waals surface area contributed by atoms with Crippen LogP contribution in [0.3, 0.4) is 0 Å². The molecule has 0 aliphatic carbocycles. The van der Waals surface area contributed by atoms with Gasteiger partial charge in [0.15, 0.2) is 11.6 Å². The highest BCUT2D eigenvalue weighted by molar-refractivity contribution is 8.03. The molecule has 1 aliphatic heterocycles. The fourth-order valence-electron chi connectivity index (χ4n) is 3.32. The van der Waals surface area contributed by atoms with Crippen molar-refractivity contribution in [1.29, 1.82) is 0 Å². The van der Waals surface area contributed by atoms with Crippen molar-refractivity contribution in [3.63, 3.8) is 0 Å². The standard InChI is InChI=1S/C25H21NO2S/c1-16-8-12-18(13-9-16)23(27)22(24(28)19-14-10-17(2)11-15-19)25-26(3)20-6-4-5-7-21(20)29-25/h4-15H,1-3H3. The van der Waals surface area contributed by atoms with Crippen LogP contribution < -0.4 is 4.90 Å². The minimum Gasteiger partial charge on any atom is -0.337 e. The van der Waals surface area contributed by atoms with Crippen LogP contribution in [0.2, 0.25) is 0 Å². The Labute approximate surface area is 175 Å². The van der Waals surface area contributed by atoms with Crippen molar-refractivity contribution in [3.8, 4) is 0 Å². The third kappa shape index (κ3) is 3.64. The molecule has 0 saturated carbocycles. The van der Waals surface area contributed by atoms with Crippen LogP contribution in [0.25, 0.3) is 0 Å². The number of hydrogen-bond acceptors (Lipinski definition) is 4. The molecule has 4 rings (SSSR count). The third-order valence-corrected chi connectivity index (χ3v) is 6.27. The normalized spacial score (nSPS) is 12.7. The number of ketones is 2. The smallest absolute Gasteiger partial charge is 0.199 e. The molecular weight excluding hydrogens is 378 g/mol. The Morgan fingerprint density at radius 1 is 0.724 bits per heavy atom. The predicted molar refractivity (Wildman–Crippen MR) is 119 cm³/mol. The maximum absolute atomic E-state index is 13.5. The molecule has 0 aromatic heterocycles. The van der Waals surface area contributed by atoms with Gasteiger partial charge in [0, 0.05) is 23.1 Å². The molecule has 4 heteroatoms. The molecule has 0 radical (unpaired) electrons. The van der Waals surface area contributed by atoms with E-state index in [0.717, 1.165) is 21.7 Å². The Balaban J connectivity index is 1.86. The molecule has 0 atom stereocenters. The van der Waals surface area contributed by atoms with Gasteiger partial charge in [-0.1, -0.05) is 83.6 Å². The first-order valence-electron chi connectivity index (χ1n) is 9.43. The lowest BCUT2D eigenvalue weighted by Gasteiger charge is -2.17. The Bertz CT molecular complexity index is 1070. The molecule has 0 saturated heterocycles. The zero-order chi connectivity index (χ0) is 20.5. The molecule has 0 fully saturated rings. The molecule has 3 aromatic rings. The largest absolute Gasteiger partial charge is 0.337 e. The Morgan fingerprint density at radius 2 is 1.21 bits per heavy atom. The Morgan fingerprint density at radius 3 is 1.69 bits per heavy atom. The van der Waals surface area contributed by atoms with Crippen LogP contribution >= 0.6 is 11.8 Å². The summed E-state index contributed by atoms with van der Waals surface area (Å²) in [4.78, 5) is 30.0. The maximum atomic E-state index is 13.5. The lowest BCUT2D eigenvalue weighted by atomic mass is 9.95. The molecule has 3 nitrogen and oxygen atoms in total. The maximum Gasteiger partial charge on any atom is 0.199 e. The monoisotopic (exact) mass is 399 g/mol. The van der Waals surface area contributed by atoms with E-state index in [1.165, 1.54) is 11.8 Å². The number of hydrogen-bond donors (Lipinski definition) is 0. The number of allylic oxidation sites excluding steroid dienone is 1. The van der Waals surface area contributed by atoms with Gasteiger partial charge in [-0.25, -0.2) is 0 Å². The minimum atomic E-state index is -0.252. The second-order valence-electron chi connectivity index (χ2n) is 7.20. The van der Waals surface area contributed by atoms with Crippen LogP contribution in [0.5, 0.6) is 0 Å². The van der Waals surface area contributed by atoms with Gasteiger partial charge in [0.05, 0.1) is 10.7 Å². The Kier molecular flexibility index (Phi) is 5.12. The number of nitrogens with zero attached hydrogens (tertiary/aromatic N) is 1. The van der Waals surface area contributed by atoms with E-state index in [2.05, 4.69) is 0 Å². The zero-order valence-corrected chi connectivity index (χ0v) is 17.4. The van der Waals surface area contributed by atoms with Gasteiger partial charge in [0.2, 0.25) is 0 Å². The quantitative estimate of drug-likeness (QED) is 0.240. The number of Topliss-reactive ketones (excluding diaryl/α,β-unsaturated/α-hetero) is 2. The number of anilines is 1. The number of carbonyl (C=O) groups is 2. The van der Waals surface area contributed by atoms with E-state index in [1.807, 2.05) is 74.3 Å². The number of thioether (sulfide) groups is 1. The van der Waals surface area contributed by atoms with Crippen LogP contribution in [-0.2, 0) is 0 Å². The molecule has 0 spiro atoms. The highest BCUT2D eigenvalue weighted by Gasteiger charge is 2.32. The summed E-state index contributed by atoms with van der Waals surface area (Å²) in [6.07, 6.45) is 0. The lowest BCUT2D eigenvalue weighted by Crippen LogP contribution is -2.21. The summed E-state index contributed by atoms with van der Waals surface area (Å²) in [5.74, 6) is -0.504. The van der Waals surface area contributed by atoms with Crippen LogP contribution in [0, 0.1) is 13.8 Å². The molecule has 144 valence electrons. The molecule has 3 aromatic carbocycles. The van der Waals surface area contributed by atoms with Gasteiger partial charge in [0.1, 0.15) is 5.57 Å².